The van der Waals surface area contributed by atoms with Gasteiger partial charge in [0.25, 0.3) is 0 Å². The second kappa shape index (κ2) is 4.38. The van der Waals surface area contributed by atoms with Crippen molar-refractivity contribution >= 4 is 22.6 Å². The van der Waals surface area contributed by atoms with Crippen LogP contribution in [0.15, 0.2) is 42.5 Å². The van der Waals surface area contributed by atoms with Gasteiger partial charge in [0, 0.05) is 5.88 Å². The number of rotatable bonds is 2. The fourth-order valence-electron chi connectivity index (χ4n) is 1.94. The minimum absolute atomic E-state index is 0.223. The van der Waals surface area contributed by atoms with Gasteiger partial charge in [-0.2, -0.15) is 0 Å². The normalized spacial score (nSPS) is 11.0. The van der Waals surface area contributed by atoms with Gasteiger partial charge in [0.2, 0.25) is 0 Å². The SMILES string of the molecule is Fc1cccc(CCl)c1-n1nnc2ccccc21. The Hall–Kier alpha value is -1.94. The second-order valence-corrected chi connectivity index (χ2v) is 4.14. The molecule has 3 rings (SSSR count). The van der Waals surface area contributed by atoms with E-state index < -0.39 is 0 Å². The zero-order valence-corrected chi connectivity index (χ0v) is 10.1. The molecular formula is C13H9ClFN3. The minimum atomic E-state index is -0.358. The van der Waals surface area contributed by atoms with Crippen LogP contribution in [-0.4, -0.2) is 15.0 Å². The molecular weight excluding hydrogens is 253 g/mol. The maximum atomic E-state index is 14.0. The molecule has 1 heterocycles. The van der Waals surface area contributed by atoms with Gasteiger partial charge in [0.05, 0.1) is 5.52 Å². The van der Waals surface area contributed by atoms with Crippen molar-refractivity contribution in [3.8, 4) is 5.69 Å². The highest BCUT2D eigenvalue weighted by Gasteiger charge is 2.14. The lowest BCUT2D eigenvalue weighted by molar-refractivity contribution is 0.607. The summed E-state index contributed by atoms with van der Waals surface area (Å²) < 4.78 is 15.5. The van der Waals surface area contributed by atoms with Crippen LogP contribution in [0, 0.1) is 5.82 Å². The van der Waals surface area contributed by atoms with E-state index in [2.05, 4.69) is 10.3 Å². The number of alkyl halides is 1. The van der Waals surface area contributed by atoms with Gasteiger partial charge in [0.15, 0.2) is 0 Å². The van der Waals surface area contributed by atoms with E-state index in [-0.39, 0.29) is 11.7 Å². The zero-order valence-electron chi connectivity index (χ0n) is 9.35. The number of nitrogens with zero attached hydrogens (tertiary/aromatic N) is 3. The van der Waals surface area contributed by atoms with Gasteiger partial charge in [0.1, 0.15) is 17.0 Å². The van der Waals surface area contributed by atoms with Crippen LogP contribution in [0.3, 0.4) is 0 Å². The Labute approximate surface area is 108 Å². The van der Waals surface area contributed by atoms with E-state index in [0.29, 0.717) is 11.3 Å². The Kier molecular flexibility index (Phi) is 2.72. The lowest BCUT2D eigenvalue weighted by Crippen LogP contribution is -2.03. The maximum absolute atomic E-state index is 14.0. The largest absolute Gasteiger partial charge is 0.210 e. The van der Waals surface area contributed by atoms with E-state index in [1.807, 2.05) is 24.3 Å². The van der Waals surface area contributed by atoms with Crippen LogP contribution in [0.1, 0.15) is 5.56 Å². The lowest BCUT2D eigenvalue weighted by Gasteiger charge is -2.08. The van der Waals surface area contributed by atoms with Crippen molar-refractivity contribution in [2.75, 3.05) is 0 Å². The molecule has 0 unspecified atom stereocenters. The summed E-state index contributed by atoms with van der Waals surface area (Å²) in [4.78, 5) is 0. The minimum Gasteiger partial charge on any atom is -0.210 e. The molecule has 90 valence electrons. The molecule has 0 atom stereocenters. The summed E-state index contributed by atoms with van der Waals surface area (Å²) in [5, 5.41) is 8.02. The summed E-state index contributed by atoms with van der Waals surface area (Å²) >= 11 is 5.84. The van der Waals surface area contributed by atoms with Crippen molar-refractivity contribution in [1.82, 2.24) is 15.0 Å². The first-order chi connectivity index (χ1) is 8.81. The van der Waals surface area contributed by atoms with E-state index in [9.17, 15) is 4.39 Å². The van der Waals surface area contributed by atoms with Crippen LogP contribution in [0.5, 0.6) is 0 Å². The molecule has 5 heteroatoms. The molecule has 2 aromatic carbocycles. The van der Waals surface area contributed by atoms with Crippen molar-refractivity contribution < 1.29 is 4.39 Å². The number of fused-ring (bicyclic) bond motifs is 1. The highest BCUT2D eigenvalue weighted by Crippen LogP contribution is 2.23. The third kappa shape index (κ3) is 1.66. The maximum Gasteiger partial charge on any atom is 0.149 e. The van der Waals surface area contributed by atoms with Gasteiger partial charge >= 0.3 is 0 Å². The van der Waals surface area contributed by atoms with Gasteiger partial charge in [-0.15, -0.1) is 16.7 Å². The first kappa shape index (κ1) is 11.2. The zero-order chi connectivity index (χ0) is 12.5. The van der Waals surface area contributed by atoms with Crippen LogP contribution in [0.25, 0.3) is 16.7 Å². The number of hydrogen-bond donors (Lipinski definition) is 0. The molecule has 18 heavy (non-hydrogen) atoms. The van der Waals surface area contributed by atoms with Crippen LogP contribution < -0.4 is 0 Å². The predicted octanol–water partition coefficient (Wildman–Crippen LogP) is 3.30. The van der Waals surface area contributed by atoms with Crippen LogP contribution in [0.4, 0.5) is 4.39 Å². The molecule has 0 saturated carbocycles. The predicted molar refractivity (Wildman–Crippen MR) is 68.4 cm³/mol. The van der Waals surface area contributed by atoms with E-state index in [4.69, 9.17) is 11.6 Å². The number of halogens is 2. The van der Waals surface area contributed by atoms with Crippen molar-refractivity contribution in [1.29, 1.82) is 0 Å². The monoisotopic (exact) mass is 261 g/mol. The Balaban J connectivity index is 2.33. The Morgan fingerprint density at radius 3 is 2.78 bits per heavy atom. The van der Waals surface area contributed by atoms with Gasteiger partial charge in [-0.25, -0.2) is 9.07 Å². The van der Waals surface area contributed by atoms with E-state index in [1.54, 1.807) is 12.1 Å². The van der Waals surface area contributed by atoms with Gasteiger partial charge < -0.3 is 0 Å². The molecule has 3 nitrogen and oxygen atoms in total. The first-order valence-corrected chi connectivity index (χ1v) is 5.99. The lowest BCUT2D eigenvalue weighted by atomic mass is 10.2. The number of aromatic nitrogens is 3. The molecule has 3 aromatic rings. The first-order valence-electron chi connectivity index (χ1n) is 5.45. The molecule has 0 aliphatic heterocycles. The molecule has 0 bridgehead atoms. The fourth-order valence-corrected chi connectivity index (χ4v) is 2.15. The molecule has 0 spiro atoms. The summed E-state index contributed by atoms with van der Waals surface area (Å²) in [6.07, 6.45) is 0. The van der Waals surface area contributed by atoms with E-state index >= 15 is 0 Å². The topological polar surface area (TPSA) is 30.7 Å². The average Bonchev–Trinajstić information content (AvgIpc) is 2.82. The van der Waals surface area contributed by atoms with Crippen molar-refractivity contribution in [2.24, 2.45) is 0 Å². The van der Waals surface area contributed by atoms with Crippen LogP contribution in [0.2, 0.25) is 0 Å². The van der Waals surface area contributed by atoms with Crippen LogP contribution >= 0.6 is 11.6 Å². The van der Waals surface area contributed by atoms with Gasteiger partial charge in [-0.3, -0.25) is 0 Å². The molecule has 0 N–H and O–H groups in total. The number of hydrogen-bond acceptors (Lipinski definition) is 2. The summed E-state index contributed by atoms with van der Waals surface area (Å²) in [6.45, 7) is 0. The molecule has 1 aromatic heterocycles. The Morgan fingerprint density at radius 2 is 1.94 bits per heavy atom. The quantitative estimate of drug-likeness (QED) is 0.663. The summed E-state index contributed by atoms with van der Waals surface area (Å²) in [7, 11) is 0. The molecule has 0 saturated heterocycles. The van der Waals surface area contributed by atoms with E-state index in [1.165, 1.54) is 10.7 Å². The fraction of sp³-hybridized carbons (Fsp3) is 0.0769. The molecule has 0 fully saturated rings. The second-order valence-electron chi connectivity index (χ2n) is 3.87. The highest BCUT2D eigenvalue weighted by atomic mass is 35.5. The van der Waals surface area contributed by atoms with E-state index in [0.717, 1.165) is 11.0 Å². The van der Waals surface area contributed by atoms with Gasteiger partial charge in [-0.05, 0) is 23.8 Å². The molecule has 0 aliphatic rings. The third-order valence-corrected chi connectivity index (χ3v) is 3.07. The van der Waals surface area contributed by atoms with Crippen molar-refractivity contribution in [3.05, 3.63) is 53.8 Å². The smallest absolute Gasteiger partial charge is 0.149 e. The Morgan fingerprint density at radius 1 is 1.11 bits per heavy atom. The summed E-state index contributed by atoms with van der Waals surface area (Å²) in [5.41, 5.74) is 2.53. The average molecular weight is 262 g/mol. The van der Waals surface area contributed by atoms with Crippen molar-refractivity contribution in [3.63, 3.8) is 0 Å². The summed E-state index contributed by atoms with van der Waals surface area (Å²) in [5.74, 6) is -0.134. The molecule has 0 radical (unpaired) electrons. The highest BCUT2D eigenvalue weighted by molar-refractivity contribution is 6.17. The number of para-hydroxylation sites is 2. The van der Waals surface area contributed by atoms with Crippen molar-refractivity contribution in [2.45, 2.75) is 5.88 Å². The third-order valence-electron chi connectivity index (χ3n) is 2.78. The standard InChI is InChI=1S/C13H9ClFN3/c14-8-9-4-3-5-10(15)13(9)18-12-7-2-1-6-11(12)16-17-18/h1-7H,8H2. The van der Waals surface area contributed by atoms with Gasteiger partial charge in [-0.1, -0.05) is 29.5 Å². The molecule has 0 aliphatic carbocycles. The van der Waals surface area contributed by atoms with Crippen LogP contribution in [-0.2, 0) is 5.88 Å². The Bertz CT molecular complexity index is 708. The number of benzene rings is 2. The molecule has 0 amide bonds. The summed E-state index contributed by atoms with van der Waals surface area (Å²) in [6, 6.07) is 12.2.